The topological polar surface area (TPSA) is 75.8 Å². The molecule has 0 saturated carbocycles. The summed E-state index contributed by atoms with van der Waals surface area (Å²) >= 11 is 0. The maximum absolute atomic E-state index is 11.8. The van der Waals surface area contributed by atoms with Crippen molar-refractivity contribution in [3.05, 3.63) is 53.3 Å². The van der Waals surface area contributed by atoms with Crippen molar-refractivity contribution in [1.82, 2.24) is 4.90 Å². The molecule has 0 aliphatic carbocycles. The van der Waals surface area contributed by atoms with Crippen LogP contribution in [0.2, 0.25) is 0 Å². The van der Waals surface area contributed by atoms with Crippen LogP contribution in [-0.2, 0) is 10.2 Å². The summed E-state index contributed by atoms with van der Waals surface area (Å²) in [6.45, 7) is 15.5. The van der Waals surface area contributed by atoms with Crippen LogP contribution in [0.1, 0.15) is 65.5 Å². The summed E-state index contributed by atoms with van der Waals surface area (Å²) in [5.74, 6) is 0.465. The van der Waals surface area contributed by atoms with Crippen LogP contribution >= 0.6 is 0 Å². The first kappa shape index (κ1) is 25.0. The van der Waals surface area contributed by atoms with Crippen molar-refractivity contribution in [3.8, 4) is 5.75 Å². The van der Waals surface area contributed by atoms with Gasteiger partial charge in [-0.05, 0) is 54.9 Å². The number of hydrogen-bond acceptors (Lipinski definition) is 4. The molecule has 1 aliphatic heterocycles. The van der Waals surface area contributed by atoms with Gasteiger partial charge in [0.25, 0.3) is 0 Å². The minimum Gasteiger partial charge on any atom is -0.491 e. The average molecular weight is 429 g/mol. The number of aliphatic hydroxyl groups is 1. The molecule has 31 heavy (non-hydrogen) atoms. The number of aliphatic hydroxyl groups excluding tert-OH is 1. The number of allylic oxidation sites excluding steroid dienone is 2. The third-order valence-electron chi connectivity index (χ3n) is 6.66. The average Bonchev–Trinajstić information content (AvgIpc) is 2.73. The number of nitrogens with zero attached hydrogens (tertiary/aromatic N) is 1. The lowest BCUT2D eigenvalue weighted by molar-refractivity contribution is -0.120. The molecule has 0 radical (unpaired) electrons. The molecule has 0 fully saturated rings. The van der Waals surface area contributed by atoms with E-state index in [2.05, 4.69) is 38.3 Å². The molecule has 1 heterocycles. The predicted molar refractivity (Wildman–Crippen MR) is 127 cm³/mol. The molecular formula is C26H40N2O3. The maximum atomic E-state index is 11.8. The van der Waals surface area contributed by atoms with E-state index in [9.17, 15) is 9.90 Å². The number of ether oxygens (including phenoxy) is 1. The highest BCUT2D eigenvalue weighted by atomic mass is 16.5. The molecule has 0 aromatic heterocycles. The molecular weight excluding hydrogens is 388 g/mol. The summed E-state index contributed by atoms with van der Waals surface area (Å²) in [5, 5.41) is 10.3. The van der Waals surface area contributed by atoms with E-state index in [0.29, 0.717) is 6.54 Å². The van der Waals surface area contributed by atoms with Gasteiger partial charge in [-0.2, -0.15) is 0 Å². The van der Waals surface area contributed by atoms with Gasteiger partial charge in [-0.15, -0.1) is 0 Å². The quantitative estimate of drug-likeness (QED) is 0.608. The molecule has 172 valence electrons. The number of amides is 1. The van der Waals surface area contributed by atoms with Gasteiger partial charge in [0.2, 0.25) is 5.91 Å². The van der Waals surface area contributed by atoms with Gasteiger partial charge in [0.15, 0.2) is 0 Å². The van der Waals surface area contributed by atoms with Gasteiger partial charge in [0, 0.05) is 18.2 Å². The molecule has 1 aromatic carbocycles. The van der Waals surface area contributed by atoms with E-state index in [-0.39, 0.29) is 23.3 Å². The Morgan fingerprint density at radius 3 is 2.35 bits per heavy atom. The summed E-state index contributed by atoms with van der Waals surface area (Å²) in [5.41, 5.74) is 8.66. The number of rotatable bonds is 9. The normalized spacial score (nSPS) is 18.0. The second-order valence-corrected chi connectivity index (χ2v) is 9.58. The first-order chi connectivity index (χ1) is 14.5. The molecule has 0 saturated heterocycles. The van der Waals surface area contributed by atoms with Gasteiger partial charge in [-0.25, -0.2) is 0 Å². The molecule has 5 nitrogen and oxygen atoms in total. The second-order valence-electron chi connectivity index (χ2n) is 9.58. The second kappa shape index (κ2) is 9.90. The van der Waals surface area contributed by atoms with Crippen LogP contribution in [0.4, 0.5) is 0 Å². The highest BCUT2D eigenvalue weighted by Crippen LogP contribution is 2.42. The van der Waals surface area contributed by atoms with Crippen LogP contribution in [-0.4, -0.2) is 41.2 Å². The van der Waals surface area contributed by atoms with Crippen LogP contribution in [0.3, 0.4) is 0 Å². The monoisotopic (exact) mass is 428 g/mol. The lowest BCUT2D eigenvalue weighted by Crippen LogP contribution is -2.43. The summed E-state index contributed by atoms with van der Waals surface area (Å²) in [4.78, 5) is 13.8. The van der Waals surface area contributed by atoms with Crippen molar-refractivity contribution >= 4 is 5.91 Å². The highest BCUT2D eigenvalue weighted by Gasteiger charge is 2.35. The Labute approximate surface area is 188 Å². The van der Waals surface area contributed by atoms with Gasteiger partial charge < -0.3 is 20.5 Å². The fourth-order valence-electron chi connectivity index (χ4n) is 4.20. The minimum atomic E-state index is -0.535. The molecule has 2 atom stereocenters. The van der Waals surface area contributed by atoms with E-state index in [1.165, 1.54) is 11.1 Å². The van der Waals surface area contributed by atoms with Gasteiger partial charge in [0.1, 0.15) is 18.4 Å². The predicted octanol–water partition coefficient (Wildman–Crippen LogP) is 4.47. The molecule has 2 unspecified atom stereocenters. The lowest BCUT2D eigenvalue weighted by Gasteiger charge is -2.39. The van der Waals surface area contributed by atoms with E-state index < -0.39 is 12.1 Å². The van der Waals surface area contributed by atoms with Gasteiger partial charge >= 0.3 is 0 Å². The van der Waals surface area contributed by atoms with E-state index in [1.807, 2.05) is 51.7 Å². The first-order valence-electron chi connectivity index (χ1n) is 11.4. The molecule has 0 spiro atoms. The highest BCUT2D eigenvalue weighted by molar-refractivity contribution is 5.82. The molecule has 5 heteroatoms. The zero-order valence-electron chi connectivity index (χ0n) is 20.2. The van der Waals surface area contributed by atoms with Crippen molar-refractivity contribution in [2.75, 3.05) is 13.2 Å². The SMILES string of the molecule is CCN1C=C(C(CC)(CC)c2ccc(OCC(O)C(C)(C)C)c(C)c2)C=CC1C(N)=O. The Morgan fingerprint density at radius 1 is 1.23 bits per heavy atom. The minimum absolute atomic E-state index is 0.166. The number of likely N-dealkylation sites (N-methyl/N-ethyl adjacent to an activating group) is 1. The number of aryl methyl sites for hydroxylation is 1. The van der Waals surface area contributed by atoms with E-state index in [1.54, 1.807) is 0 Å². The van der Waals surface area contributed by atoms with Crippen LogP contribution in [0.25, 0.3) is 0 Å². The van der Waals surface area contributed by atoms with Crippen LogP contribution in [0, 0.1) is 12.3 Å². The van der Waals surface area contributed by atoms with Crippen molar-refractivity contribution < 1.29 is 14.6 Å². The fraction of sp³-hybridized carbons (Fsp3) is 0.577. The standard InChI is InChI=1S/C26H40N2O3/c1-8-26(9-2,20-11-13-21(24(27)30)28(10-3)16-20)19-12-14-22(18(4)15-19)31-17-23(29)25(5,6)7/h11-16,21,23,29H,8-10,17H2,1-7H3,(H2,27,30). The Kier molecular flexibility index (Phi) is 7.98. The fourth-order valence-corrected chi connectivity index (χ4v) is 4.20. The molecule has 1 amide bonds. The van der Waals surface area contributed by atoms with Crippen LogP contribution in [0.15, 0.2) is 42.1 Å². The molecule has 2 rings (SSSR count). The maximum Gasteiger partial charge on any atom is 0.244 e. The van der Waals surface area contributed by atoms with Crippen molar-refractivity contribution in [3.63, 3.8) is 0 Å². The summed E-state index contributed by atoms with van der Waals surface area (Å²) in [6.07, 6.45) is 7.41. The van der Waals surface area contributed by atoms with Crippen molar-refractivity contribution in [2.45, 2.75) is 78.9 Å². The van der Waals surface area contributed by atoms with Crippen molar-refractivity contribution in [2.24, 2.45) is 11.1 Å². The van der Waals surface area contributed by atoms with E-state index in [4.69, 9.17) is 10.5 Å². The number of carbonyl (C=O) groups excluding carboxylic acids is 1. The number of carbonyl (C=O) groups is 1. The molecule has 1 aromatic rings. The molecule has 1 aliphatic rings. The van der Waals surface area contributed by atoms with Gasteiger partial charge in [-0.1, -0.05) is 58.9 Å². The van der Waals surface area contributed by atoms with Crippen LogP contribution < -0.4 is 10.5 Å². The van der Waals surface area contributed by atoms with Crippen LogP contribution in [0.5, 0.6) is 5.75 Å². The molecule has 3 N–H and O–H groups in total. The molecule has 0 bridgehead atoms. The lowest BCUT2D eigenvalue weighted by atomic mass is 9.69. The Hall–Kier alpha value is -2.27. The largest absolute Gasteiger partial charge is 0.491 e. The number of benzene rings is 1. The number of primary amides is 1. The van der Waals surface area contributed by atoms with Gasteiger partial charge in [-0.3, -0.25) is 4.79 Å². The zero-order valence-corrected chi connectivity index (χ0v) is 20.2. The summed E-state index contributed by atoms with van der Waals surface area (Å²) in [7, 11) is 0. The van der Waals surface area contributed by atoms with E-state index in [0.717, 1.165) is 24.2 Å². The third-order valence-corrected chi connectivity index (χ3v) is 6.66. The number of nitrogens with two attached hydrogens (primary N) is 1. The number of hydrogen-bond donors (Lipinski definition) is 2. The van der Waals surface area contributed by atoms with Crippen molar-refractivity contribution in [1.29, 1.82) is 0 Å². The summed E-state index contributed by atoms with van der Waals surface area (Å²) < 4.78 is 5.94. The smallest absolute Gasteiger partial charge is 0.244 e. The van der Waals surface area contributed by atoms with Gasteiger partial charge in [0.05, 0.1) is 6.10 Å². The first-order valence-corrected chi connectivity index (χ1v) is 11.4. The summed E-state index contributed by atoms with van der Waals surface area (Å²) in [6, 6.07) is 5.93. The van der Waals surface area contributed by atoms with E-state index >= 15 is 0 Å². The zero-order chi connectivity index (χ0) is 23.4. The Bertz CT molecular complexity index is 832. The Balaban J connectivity index is 2.36. The third kappa shape index (κ3) is 5.32. The Morgan fingerprint density at radius 2 is 1.87 bits per heavy atom.